The number of rotatable bonds is 9. The fourth-order valence-corrected chi connectivity index (χ4v) is 4.17. The molecule has 1 saturated heterocycles. The number of amides is 1. The minimum atomic E-state index is -1.18. The molecule has 11 heteroatoms. The average Bonchev–Trinajstić information content (AvgIpc) is 3.33. The van der Waals surface area contributed by atoms with Crippen molar-refractivity contribution in [1.82, 2.24) is 20.4 Å². The third kappa shape index (κ3) is 5.96. The normalized spacial score (nSPS) is 14.6. The Morgan fingerprint density at radius 1 is 1.11 bits per heavy atom. The summed E-state index contributed by atoms with van der Waals surface area (Å²) in [5.74, 6) is -2.76. The molecule has 3 aromatic rings. The van der Waals surface area contributed by atoms with E-state index in [1.54, 1.807) is 13.0 Å². The zero-order valence-corrected chi connectivity index (χ0v) is 20.2. The van der Waals surface area contributed by atoms with Crippen molar-refractivity contribution in [3.05, 3.63) is 53.3 Å². The third-order valence-electron chi connectivity index (χ3n) is 6.15. The van der Waals surface area contributed by atoms with Crippen molar-refractivity contribution in [2.45, 2.75) is 26.7 Å². The van der Waals surface area contributed by atoms with Gasteiger partial charge in [0.25, 0.3) is 5.89 Å². The molecule has 36 heavy (non-hydrogen) atoms. The molecule has 1 fully saturated rings. The van der Waals surface area contributed by atoms with E-state index in [1.165, 1.54) is 18.2 Å². The van der Waals surface area contributed by atoms with Crippen molar-refractivity contribution in [2.24, 2.45) is 5.92 Å². The van der Waals surface area contributed by atoms with Gasteiger partial charge in [0.2, 0.25) is 5.91 Å². The van der Waals surface area contributed by atoms with Crippen LogP contribution in [0.3, 0.4) is 0 Å². The number of benzene rings is 2. The topological polar surface area (TPSA) is 95.3 Å². The van der Waals surface area contributed by atoms with E-state index in [0.717, 1.165) is 32.0 Å². The Morgan fingerprint density at radius 2 is 1.89 bits per heavy atom. The SMILES string of the molecule is CCNC(=O)C1CCN(CCNc2nnc(-c3ccc(F)c(F)c3Nc3ccc(C)cc3F)o2)CC1. The minimum absolute atomic E-state index is 0.0137. The summed E-state index contributed by atoms with van der Waals surface area (Å²) in [6.07, 6.45) is 1.62. The Bertz CT molecular complexity index is 1210. The second kappa shape index (κ2) is 11.4. The molecule has 0 saturated carbocycles. The summed E-state index contributed by atoms with van der Waals surface area (Å²) >= 11 is 0. The van der Waals surface area contributed by atoms with Crippen molar-refractivity contribution >= 4 is 23.3 Å². The maximum Gasteiger partial charge on any atom is 0.315 e. The molecule has 1 aromatic heterocycles. The predicted molar refractivity (Wildman–Crippen MR) is 130 cm³/mol. The highest BCUT2D eigenvalue weighted by atomic mass is 19.2. The summed E-state index contributed by atoms with van der Waals surface area (Å²) in [4.78, 5) is 14.2. The first-order valence-electron chi connectivity index (χ1n) is 11.9. The number of anilines is 3. The summed E-state index contributed by atoms with van der Waals surface area (Å²) in [6.45, 7) is 7.14. The number of aromatic nitrogens is 2. The molecule has 0 unspecified atom stereocenters. The quantitative estimate of drug-likeness (QED) is 0.398. The number of carbonyl (C=O) groups excluding carboxylic acids is 1. The molecule has 8 nitrogen and oxygen atoms in total. The van der Waals surface area contributed by atoms with Gasteiger partial charge in [-0.2, -0.15) is 0 Å². The number of nitrogens with one attached hydrogen (secondary N) is 3. The number of hydrogen-bond acceptors (Lipinski definition) is 7. The zero-order valence-electron chi connectivity index (χ0n) is 20.2. The van der Waals surface area contributed by atoms with E-state index in [2.05, 4.69) is 31.0 Å². The molecule has 4 rings (SSSR count). The first kappa shape index (κ1) is 25.5. The Hall–Kier alpha value is -3.60. The van der Waals surface area contributed by atoms with E-state index in [-0.39, 0.29) is 40.7 Å². The molecule has 0 radical (unpaired) electrons. The number of piperidine rings is 1. The van der Waals surface area contributed by atoms with Gasteiger partial charge in [-0.25, -0.2) is 13.2 Å². The van der Waals surface area contributed by atoms with Gasteiger partial charge in [-0.15, -0.1) is 5.10 Å². The highest BCUT2D eigenvalue weighted by Crippen LogP contribution is 2.34. The van der Waals surface area contributed by atoms with Gasteiger partial charge in [0.15, 0.2) is 11.6 Å². The van der Waals surface area contributed by atoms with Gasteiger partial charge < -0.3 is 25.3 Å². The van der Waals surface area contributed by atoms with E-state index in [4.69, 9.17) is 4.42 Å². The predicted octanol–water partition coefficient (Wildman–Crippen LogP) is 4.47. The lowest BCUT2D eigenvalue weighted by Gasteiger charge is -2.31. The van der Waals surface area contributed by atoms with Gasteiger partial charge in [0.1, 0.15) is 5.82 Å². The van der Waals surface area contributed by atoms with Gasteiger partial charge in [-0.3, -0.25) is 4.79 Å². The number of nitrogens with zero attached hydrogens (tertiary/aromatic N) is 3. The van der Waals surface area contributed by atoms with Crippen LogP contribution < -0.4 is 16.0 Å². The summed E-state index contributed by atoms with van der Waals surface area (Å²) in [7, 11) is 0. The molecule has 0 bridgehead atoms. The number of halogens is 3. The first-order valence-corrected chi connectivity index (χ1v) is 11.9. The van der Waals surface area contributed by atoms with Crippen LogP contribution in [0.5, 0.6) is 0 Å². The second-order valence-electron chi connectivity index (χ2n) is 8.74. The van der Waals surface area contributed by atoms with Gasteiger partial charge in [0.05, 0.1) is 16.9 Å². The van der Waals surface area contributed by atoms with Crippen LogP contribution in [0, 0.1) is 30.3 Å². The van der Waals surface area contributed by atoms with Crippen LogP contribution in [0.15, 0.2) is 34.7 Å². The van der Waals surface area contributed by atoms with Crippen molar-refractivity contribution in [2.75, 3.05) is 43.4 Å². The van der Waals surface area contributed by atoms with Crippen LogP contribution in [-0.2, 0) is 4.79 Å². The number of likely N-dealkylation sites (tertiary alicyclic amines) is 1. The summed E-state index contributed by atoms with van der Waals surface area (Å²) in [5.41, 5.74) is 0.474. The van der Waals surface area contributed by atoms with E-state index < -0.39 is 17.5 Å². The molecule has 0 aliphatic carbocycles. The smallest absolute Gasteiger partial charge is 0.315 e. The van der Waals surface area contributed by atoms with E-state index in [9.17, 15) is 18.0 Å². The molecule has 0 spiro atoms. The fraction of sp³-hybridized carbons (Fsp3) is 0.400. The number of hydrogen-bond donors (Lipinski definition) is 3. The molecule has 1 amide bonds. The maximum absolute atomic E-state index is 14.7. The lowest BCUT2D eigenvalue weighted by atomic mass is 9.96. The highest BCUT2D eigenvalue weighted by Gasteiger charge is 2.24. The van der Waals surface area contributed by atoms with Crippen LogP contribution >= 0.6 is 0 Å². The maximum atomic E-state index is 14.7. The first-order chi connectivity index (χ1) is 17.4. The van der Waals surface area contributed by atoms with Crippen LogP contribution in [0.25, 0.3) is 11.5 Å². The van der Waals surface area contributed by atoms with Gasteiger partial charge in [0, 0.05) is 25.6 Å². The Morgan fingerprint density at radius 3 is 2.61 bits per heavy atom. The van der Waals surface area contributed by atoms with E-state index >= 15 is 0 Å². The summed E-state index contributed by atoms with van der Waals surface area (Å²) in [6, 6.07) is 6.75. The van der Waals surface area contributed by atoms with E-state index in [1.807, 2.05) is 6.92 Å². The largest absolute Gasteiger partial charge is 0.403 e. The summed E-state index contributed by atoms with van der Waals surface area (Å²) in [5, 5.41) is 16.4. The molecule has 2 heterocycles. The minimum Gasteiger partial charge on any atom is -0.403 e. The van der Waals surface area contributed by atoms with E-state index in [0.29, 0.717) is 25.2 Å². The van der Waals surface area contributed by atoms with Gasteiger partial charge in [-0.1, -0.05) is 11.2 Å². The number of carbonyl (C=O) groups is 1. The van der Waals surface area contributed by atoms with Crippen LogP contribution in [0.1, 0.15) is 25.3 Å². The van der Waals surface area contributed by atoms with Crippen LogP contribution in [-0.4, -0.2) is 53.7 Å². The molecule has 2 aromatic carbocycles. The standard InChI is InChI=1S/C25H29F3N6O2/c1-3-29-23(35)16-8-11-34(12-9-16)13-10-30-25-33-32-24(36-25)17-5-6-18(26)21(28)22(17)31-20-7-4-15(2)14-19(20)27/h4-7,14,16,31H,3,8-13H2,1-2H3,(H,29,35)(H,30,33). The van der Waals surface area contributed by atoms with Gasteiger partial charge >= 0.3 is 6.01 Å². The Balaban J connectivity index is 1.38. The molecule has 1 aliphatic rings. The third-order valence-corrected chi connectivity index (χ3v) is 6.15. The molecular weight excluding hydrogens is 473 g/mol. The second-order valence-corrected chi connectivity index (χ2v) is 8.74. The lowest BCUT2D eigenvalue weighted by Crippen LogP contribution is -2.41. The van der Waals surface area contributed by atoms with Crippen molar-refractivity contribution in [1.29, 1.82) is 0 Å². The summed E-state index contributed by atoms with van der Waals surface area (Å²) < 4.78 is 48.6. The monoisotopic (exact) mass is 502 g/mol. The molecule has 3 N–H and O–H groups in total. The average molecular weight is 503 g/mol. The van der Waals surface area contributed by atoms with Gasteiger partial charge in [-0.05, 0) is 69.6 Å². The Labute approximate surface area is 207 Å². The molecule has 0 atom stereocenters. The highest BCUT2D eigenvalue weighted by molar-refractivity contribution is 5.79. The zero-order chi connectivity index (χ0) is 25.7. The molecule has 1 aliphatic heterocycles. The van der Waals surface area contributed by atoms with Crippen LogP contribution in [0.4, 0.5) is 30.6 Å². The van der Waals surface area contributed by atoms with Crippen molar-refractivity contribution in [3.8, 4) is 11.5 Å². The van der Waals surface area contributed by atoms with Crippen molar-refractivity contribution in [3.63, 3.8) is 0 Å². The molecule has 192 valence electrons. The Kier molecular flexibility index (Phi) is 8.09. The van der Waals surface area contributed by atoms with Crippen molar-refractivity contribution < 1.29 is 22.4 Å². The lowest BCUT2D eigenvalue weighted by molar-refractivity contribution is -0.126. The number of aryl methyl sites for hydroxylation is 1. The van der Waals surface area contributed by atoms with Crippen LogP contribution in [0.2, 0.25) is 0 Å². The fourth-order valence-electron chi connectivity index (χ4n) is 4.17. The molecular formula is C25H29F3N6O2.